The maximum Gasteiger partial charge on any atom is 0.282 e. The molecule has 138 valence electrons. The second kappa shape index (κ2) is 6.19. The van der Waals surface area contributed by atoms with E-state index in [-0.39, 0.29) is 16.5 Å². The van der Waals surface area contributed by atoms with Crippen molar-refractivity contribution >= 4 is 54.2 Å². The zero-order valence-corrected chi connectivity index (χ0v) is 16.3. The van der Waals surface area contributed by atoms with E-state index in [1.165, 1.54) is 12.1 Å². The lowest BCUT2D eigenvalue weighted by Crippen LogP contribution is -2.42. The van der Waals surface area contributed by atoms with E-state index >= 15 is 0 Å². The first kappa shape index (κ1) is 17.7. The lowest BCUT2D eigenvalue weighted by Gasteiger charge is -2.11. The number of sulfonamides is 1. The van der Waals surface area contributed by atoms with E-state index in [4.69, 9.17) is 0 Å². The molecule has 2 aromatic carbocycles. The number of anilines is 1. The van der Waals surface area contributed by atoms with Crippen LogP contribution in [0.1, 0.15) is 20.8 Å². The summed E-state index contributed by atoms with van der Waals surface area (Å²) in [4.78, 5) is 26.3. The molecule has 1 aromatic heterocycles. The van der Waals surface area contributed by atoms with Gasteiger partial charge in [-0.3, -0.25) is 15.0 Å². The molecule has 1 aliphatic rings. The van der Waals surface area contributed by atoms with Gasteiger partial charge in [0.05, 0.1) is 4.90 Å². The number of aromatic nitrogens is 1. The van der Waals surface area contributed by atoms with E-state index < -0.39 is 15.9 Å². The van der Waals surface area contributed by atoms with E-state index in [0.717, 1.165) is 0 Å². The van der Waals surface area contributed by atoms with Crippen LogP contribution in [0.5, 0.6) is 0 Å². The molecule has 0 saturated heterocycles. The van der Waals surface area contributed by atoms with Crippen LogP contribution in [0.2, 0.25) is 0 Å². The molecule has 0 atom stereocenters. The number of benzene rings is 2. The molecular formula is C17H13BrN4O4S. The third-order valence-corrected chi connectivity index (χ3v) is 6.03. The number of hydrazine groups is 1. The molecule has 27 heavy (non-hydrogen) atoms. The number of amides is 2. The van der Waals surface area contributed by atoms with Gasteiger partial charge in [-0.1, -0.05) is 12.1 Å². The molecule has 3 N–H and O–H groups in total. The number of rotatable bonds is 4. The minimum absolute atomic E-state index is 0.0343. The van der Waals surface area contributed by atoms with Gasteiger partial charge in [0.15, 0.2) is 0 Å². The van der Waals surface area contributed by atoms with Crippen molar-refractivity contribution in [2.24, 2.45) is 7.05 Å². The van der Waals surface area contributed by atoms with E-state index in [9.17, 15) is 18.0 Å². The van der Waals surface area contributed by atoms with Crippen molar-refractivity contribution in [3.63, 3.8) is 0 Å². The first-order valence-electron chi connectivity index (χ1n) is 7.79. The summed E-state index contributed by atoms with van der Waals surface area (Å²) < 4.78 is 27.8. The van der Waals surface area contributed by atoms with Crippen molar-refractivity contribution in [3.05, 3.63) is 58.3 Å². The van der Waals surface area contributed by atoms with Gasteiger partial charge in [-0.25, -0.2) is 8.42 Å². The Morgan fingerprint density at radius 3 is 2.70 bits per heavy atom. The van der Waals surface area contributed by atoms with Gasteiger partial charge < -0.3 is 9.88 Å². The lowest BCUT2D eigenvalue weighted by molar-refractivity contribution is 0.0936. The third-order valence-electron chi connectivity index (χ3n) is 4.29. The standard InChI is InChI=1S/C17H13BrN4O4S/c1-22-8-9(18)7-13(22)17(24)20-21-27(25,26)14-6-5-12-15-10(14)3-2-4-11(15)16(23)19-12/h2-8,21H,1H3,(H,19,23)(H,20,24). The molecule has 0 bridgehead atoms. The summed E-state index contributed by atoms with van der Waals surface area (Å²) in [7, 11) is -2.39. The Kier molecular flexibility index (Phi) is 4.06. The number of hydrogen-bond donors (Lipinski definition) is 3. The monoisotopic (exact) mass is 448 g/mol. The van der Waals surface area contributed by atoms with Crippen LogP contribution in [0.3, 0.4) is 0 Å². The highest BCUT2D eigenvalue weighted by Gasteiger charge is 2.26. The molecule has 2 amide bonds. The Bertz CT molecular complexity index is 1230. The molecule has 0 spiro atoms. The van der Waals surface area contributed by atoms with Crippen LogP contribution in [0.4, 0.5) is 5.69 Å². The van der Waals surface area contributed by atoms with Crippen LogP contribution in [0.25, 0.3) is 10.8 Å². The third kappa shape index (κ3) is 2.91. The summed E-state index contributed by atoms with van der Waals surface area (Å²) in [5, 5.41) is 3.64. The molecule has 0 radical (unpaired) electrons. The van der Waals surface area contributed by atoms with Crippen molar-refractivity contribution in [1.82, 2.24) is 14.8 Å². The molecule has 4 rings (SSSR count). The Hall–Kier alpha value is -2.69. The maximum absolute atomic E-state index is 12.7. The van der Waals surface area contributed by atoms with Gasteiger partial charge in [0.2, 0.25) is 0 Å². The fourth-order valence-corrected chi connectivity index (χ4v) is 4.65. The summed E-state index contributed by atoms with van der Waals surface area (Å²) in [6.07, 6.45) is 1.68. The fraction of sp³-hybridized carbons (Fsp3) is 0.0588. The van der Waals surface area contributed by atoms with Gasteiger partial charge in [-0.15, -0.1) is 4.83 Å². The van der Waals surface area contributed by atoms with Crippen LogP contribution in [-0.4, -0.2) is 24.8 Å². The Balaban J connectivity index is 1.67. The zero-order chi connectivity index (χ0) is 19.3. The van der Waals surface area contributed by atoms with Crippen molar-refractivity contribution in [2.45, 2.75) is 4.90 Å². The zero-order valence-electron chi connectivity index (χ0n) is 13.9. The number of halogens is 1. The molecule has 0 saturated carbocycles. The second-order valence-corrected chi connectivity index (χ2v) is 8.57. The van der Waals surface area contributed by atoms with Crippen LogP contribution < -0.4 is 15.6 Å². The van der Waals surface area contributed by atoms with Crippen LogP contribution in [-0.2, 0) is 17.1 Å². The van der Waals surface area contributed by atoms with Gasteiger partial charge in [-0.2, -0.15) is 0 Å². The van der Waals surface area contributed by atoms with E-state index in [2.05, 4.69) is 31.5 Å². The number of nitrogens with zero attached hydrogens (tertiary/aromatic N) is 1. The fourth-order valence-electron chi connectivity index (χ4n) is 3.08. The average molecular weight is 449 g/mol. The van der Waals surface area contributed by atoms with Crippen LogP contribution in [0.15, 0.2) is 52.0 Å². The topological polar surface area (TPSA) is 109 Å². The predicted molar refractivity (Wildman–Crippen MR) is 103 cm³/mol. The number of carbonyl (C=O) groups excluding carboxylic acids is 2. The van der Waals surface area contributed by atoms with Crippen molar-refractivity contribution in [3.8, 4) is 0 Å². The molecule has 8 nitrogen and oxygen atoms in total. The maximum atomic E-state index is 12.7. The predicted octanol–water partition coefficient (Wildman–Crippen LogP) is 2.13. The van der Waals surface area contributed by atoms with Gasteiger partial charge in [-0.05, 0) is 40.2 Å². The highest BCUT2D eigenvalue weighted by Crippen LogP contribution is 2.36. The summed E-state index contributed by atoms with van der Waals surface area (Å²) in [6.45, 7) is 0. The molecule has 0 fully saturated rings. The first-order chi connectivity index (χ1) is 12.8. The van der Waals surface area contributed by atoms with Crippen molar-refractivity contribution in [2.75, 3.05) is 5.32 Å². The normalized spacial score (nSPS) is 13.0. The number of carbonyl (C=O) groups is 2. The van der Waals surface area contributed by atoms with Crippen molar-refractivity contribution < 1.29 is 18.0 Å². The summed E-state index contributed by atoms with van der Waals surface area (Å²) >= 11 is 3.26. The molecule has 3 aromatic rings. The van der Waals surface area contributed by atoms with Crippen molar-refractivity contribution in [1.29, 1.82) is 0 Å². The average Bonchev–Trinajstić information content (AvgIpc) is 3.13. The number of hydrogen-bond acceptors (Lipinski definition) is 4. The molecule has 0 aliphatic carbocycles. The SMILES string of the molecule is Cn1cc(Br)cc1C(=O)NNS(=O)(=O)c1ccc2c3c(cccc13)C(=O)N2. The van der Waals surface area contributed by atoms with Crippen LogP contribution >= 0.6 is 15.9 Å². The Morgan fingerprint density at radius 2 is 2.00 bits per heavy atom. The summed E-state index contributed by atoms with van der Waals surface area (Å²) in [5.41, 5.74) is 3.46. The quantitative estimate of drug-likeness (QED) is 0.531. The molecule has 1 aliphatic heterocycles. The minimum atomic E-state index is -4.06. The number of aryl methyl sites for hydroxylation is 1. The molecule has 10 heteroatoms. The molecule has 2 heterocycles. The lowest BCUT2D eigenvalue weighted by atomic mass is 10.1. The molecular weight excluding hydrogens is 436 g/mol. The largest absolute Gasteiger partial charge is 0.345 e. The number of nitrogens with one attached hydrogen (secondary N) is 3. The second-order valence-electron chi connectivity index (χ2n) is 6.01. The van der Waals surface area contributed by atoms with Gasteiger partial charge in [0.1, 0.15) is 5.69 Å². The van der Waals surface area contributed by atoms with E-state index in [1.807, 2.05) is 0 Å². The van der Waals surface area contributed by atoms with Crippen LogP contribution in [0, 0.1) is 0 Å². The first-order valence-corrected chi connectivity index (χ1v) is 10.1. The summed E-state index contributed by atoms with van der Waals surface area (Å²) in [6, 6.07) is 9.35. The Labute approximate surface area is 162 Å². The molecule has 0 unspecified atom stereocenters. The minimum Gasteiger partial charge on any atom is -0.345 e. The summed E-state index contributed by atoms with van der Waals surface area (Å²) in [5.74, 6) is -0.879. The van der Waals surface area contributed by atoms with Gasteiger partial charge >= 0.3 is 0 Å². The van der Waals surface area contributed by atoms with Gasteiger partial charge in [0, 0.05) is 39.7 Å². The highest BCUT2D eigenvalue weighted by atomic mass is 79.9. The Morgan fingerprint density at radius 1 is 1.22 bits per heavy atom. The van der Waals surface area contributed by atoms with Gasteiger partial charge in [0.25, 0.3) is 21.8 Å². The smallest absolute Gasteiger partial charge is 0.282 e. The highest BCUT2D eigenvalue weighted by molar-refractivity contribution is 9.10. The van der Waals surface area contributed by atoms with E-state index in [1.54, 1.807) is 42.1 Å². The van der Waals surface area contributed by atoms with E-state index in [0.29, 0.717) is 26.5 Å².